The minimum atomic E-state index is -0.537. The Bertz CT molecular complexity index is 750. The molecule has 1 aliphatic rings. The molecule has 152 valence electrons. The van der Waals surface area contributed by atoms with E-state index in [1.165, 1.54) is 12.1 Å². The van der Waals surface area contributed by atoms with E-state index >= 15 is 0 Å². The van der Waals surface area contributed by atoms with Gasteiger partial charge in [0.05, 0.1) is 0 Å². The molecule has 0 bridgehead atoms. The summed E-state index contributed by atoms with van der Waals surface area (Å²) in [5, 5.41) is 10.4. The van der Waals surface area contributed by atoms with Crippen molar-refractivity contribution in [1.29, 1.82) is 0 Å². The summed E-state index contributed by atoms with van der Waals surface area (Å²) in [4.78, 5) is 4.50. The van der Waals surface area contributed by atoms with Gasteiger partial charge in [-0.05, 0) is 41.3 Å². The third kappa shape index (κ3) is 5.46. The first-order valence-corrected chi connectivity index (χ1v) is 9.96. The molecule has 0 spiro atoms. The Morgan fingerprint density at radius 3 is 2.29 bits per heavy atom. The minimum absolute atomic E-state index is 0.00176. The maximum atomic E-state index is 13.1. The van der Waals surface area contributed by atoms with E-state index in [2.05, 4.69) is 36.6 Å². The third-order valence-electron chi connectivity index (χ3n) is 5.16. The number of halogens is 1. The summed E-state index contributed by atoms with van der Waals surface area (Å²) < 4.78 is 19.0. The van der Waals surface area contributed by atoms with Gasteiger partial charge in [0.2, 0.25) is 0 Å². The molecule has 1 N–H and O–H groups in total. The Morgan fingerprint density at radius 2 is 1.64 bits per heavy atom. The highest BCUT2D eigenvalue weighted by atomic mass is 19.1. The van der Waals surface area contributed by atoms with Gasteiger partial charge >= 0.3 is 0 Å². The zero-order valence-corrected chi connectivity index (χ0v) is 17.1. The molecule has 4 nitrogen and oxygen atoms in total. The second kappa shape index (κ2) is 8.93. The van der Waals surface area contributed by atoms with Gasteiger partial charge in [-0.2, -0.15) is 0 Å². The number of aliphatic hydroxyl groups is 1. The topological polar surface area (TPSA) is 35.9 Å². The average Bonchev–Trinajstić information content (AvgIpc) is 2.67. The molecule has 0 radical (unpaired) electrons. The largest absolute Gasteiger partial charge is 0.491 e. The van der Waals surface area contributed by atoms with Gasteiger partial charge in [-0.3, -0.25) is 4.90 Å². The van der Waals surface area contributed by atoms with Crippen LogP contribution in [0.4, 0.5) is 10.1 Å². The molecule has 5 heteroatoms. The molecular formula is C23H31FN2O2. The molecule has 0 saturated carbocycles. The lowest BCUT2D eigenvalue weighted by atomic mass is 9.86. The smallest absolute Gasteiger partial charge is 0.123 e. The predicted molar refractivity (Wildman–Crippen MR) is 112 cm³/mol. The highest BCUT2D eigenvalue weighted by molar-refractivity contribution is 5.46. The van der Waals surface area contributed by atoms with Crippen LogP contribution in [0.2, 0.25) is 0 Å². The summed E-state index contributed by atoms with van der Waals surface area (Å²) in [7, 11) is 0. The van der Waals surface area contributed by atoms with E-state index in [1.807, 2.05) is 30.3 Å². The molecule has 0 unspecified atom stereocenters. The van der Waals surface area contributed by atoms with Gasteiger partial charge in [0.15, 0.2) is 0 Å². The number of anilines is 1. The lowest BCUT2D eigenvalue weighted by Crippen LogP contribution is -2.49. The first-order chi connectivity index (χ1) is 13.3. The molecule has 2 aromatic carbocycles. The summed E-state index contributed by atoms with van der Waals surface area (Å²) in [6, 6.07) is 14.7. The van der Waals surface area contributed by atoms with Gasteiger partial charge in [-0.15, -0.1) is 0 Å². The fraction of sp³-hybridized carbons (Fsp3) is 0.478. The molecule has 3 rings (SSSR count). The van der Waals surface area contributed by atoms with E-state index in [1.54, 1.807) is 0 Å². The van der Waals surface area contributed by atoms with E-state index < -0.39 is 6.10 Å². The average molecular weight is 387 g/mol. The van der Waals surface area contributed by atoms with Crippen LogP contribution in [0.25, 0.3) is 0 Å². The number of piperazine rings is 1. The van der Waals surface area contributed by atoms with Gasteiger partial charge < -0.3 is 14.7 Å². The van der Waals surface area contributed by atoms with E-state index in [0.29, 0.717) is 6.54 Å². The summed E-state index contributed by atoms with van der Waals surface area (Å²) in [6.45, 7) is 10.8. The molecule has 1 aliphatic heterocycles. The summed E-state index contributed by atoms with van der Waals surface area (Å²) in [6.07, 6.45) is -0.537. The lowest BCUT2D eigenvalue weighted by Gasteiger charge is -2.37. The molecule has 0 aliphatic carbocycles. The van der Waals surface area contributed by atoms with Gasteiger partial charge in [0, 0.05) is 38.4 Å². The molecule has 0 amide bonds. The number of benzene rings is 2. The fourth-order valence-corrected chi connectivity index (χ4v) is 3.59. The Labute approximate surface area is 167 Å². The van der Waals surface area contributed by atoms with E-state index in [0.717, 1.165) is 43.2 Å². The monoisotopic (exact) mass is 386 g/mol. The zero-order chi connectivity index (χ0) is 20.1. The molecule has 1 fully saturated rings. The highest BCUT2D eigenvalue weighted by Gasteiger charge is 2.21. The Morgan fingerprint density at radius 1 is 1.00 bits per heavy atom. The summed E-state index contributed by atoms with van der Waals surface area (Å²) in [5.41, 5.74) is 2.19. The molecule has 28 heavy (non-hydrogen) atoms. The van der Waals surface area contributed by atoms with Gasteiger partial charge in [-0.1, -0.05) is 39.0 Å². The fourth-order valence-electron chi connectivity index (χ4n) is 3.59. The third-order valence-corrected chi connectivity index (χ3v) is 5.16. The van der Waals surface area contributed by atoms with Crippen LogP contribution in [0.15, 0.2) is 48.5 Å². The van der Waals surface area contributed by atoms with Crippen LogP contribution in [0.3, 0.4) is 0 Å². The van der Waals surface area contributed by atoms with E-state index in [-0.39, 0.29) is 17.8 Å². The van der Waals surface area contributed by atoms with Gasteiger partial charge in [0.25, 0.3) is 0 Å². The van der Waals surface area contributed by atoms with Crippen LogP contribution < -0.4 is 9.64 Å². The Kier molecular flexibility index (Phi) is 6.57. The summed E-state index contributed by atoms with van der Waals surface area (Å²) >= 11 is 0. The standard InChI is InChI=1S/C23H31FN2O2/c1-23(2,3)21-6-4-5-7-22(21)28-17-20(27)16-25-12-14-26(15-13-25)19-10-8-18(24)9-11-19/h4-11,20,27H,12-17H2,1-3H3/t20-/m1/s1. The van der Waals surface area contributed by atoms with Crippen LogP contribution in [-0.4, -0.2) is 55.4 Å². The Hall–Kier alpha value is -2.11. The quantitative estimate of drug-likeness (QED) is 0.822. The van der Waals surface area contributed by atoms with Crippen molar-refractivity contribution < 1.29 is 14.2 Å². The van der Waals surface area contributed by atoms with Crippen molar-refractivity contribution in [3.63, 3.8) is 0 Å². The van der Waals surface area contributed by atoms with E-state index in [4.69, 9.17) is 4.74 Å². The number of aliphatic hydroxyl groups excluding tert-OH is 1. The molecule has 1 heterocycles. The number of nitrogens with zero attached hydrogens (tertiary/aromatic N) is 2. The highest BCUT2D eigenvalue weighted by Crippen LogP contribution is 2.31. The van der Waals surface area contributed by atoms with Crippen LogP contribution in [0.5, 0.6) is 5.75 Å². The predicted octanol–water partition coefficient (Wildman–Crippen LogP) is 3.69. The van der Waals surface area contributed by atoms with Crippen molar-refractivity contribution in [1.82, 2.24) is 4.90 Å². The molecule has 0 aromatic heterocycles. The van der Waals surface area contributed by atoms with Crippen LogP contribution >= 0.6 is 0 Å². The SMILES string of the molecule is CC(C)(C)c1ccccc1OC[C@H](O)CN1CCN(c2ccc(F)cc2)CC1. The van der Waals surface area contributed by atoms with Gasteiger partial charge in [0.1, 0.15) is 24.3 Å². The first kappa shape index (κ1) is 20.6. The number of para-hydroxylation sites is 1. The lowest BCUT2D eigenvalue weighted by molar-refractivity contribution is 0.0656. The summed E-state index contributed by atoms with van der Waals surface area (Å²) in [5.74, 6) is 0.633. The van der Waals surface area contributed by atoms with Crippen molar-refractivity contribution in [2.75, 3.05) is 44.2 Å². The second-order valence-corrected chi connectivity index (χ2v) is 8.48. The second-order valence-electron chi connectivity index (χ2n) is 8.48. The number of ether oxygens (including phenoxy) is 1. The van der Waals surface area contributed by atoms with Crippen LogP contribution in [0, 0.1) is 5.82 Å². The van der Waals surface area contributed by atoms with Crippen molar-refractivity contribution >= 4 is 5.69 Å². The van der Waals surface area contributed by atoms with Crippen LogP contribution in [0.1, 0.15) is 26.3 Å². The Balaban J connectivity index is 1.46. The number of hydrogen-bond donors (Lipinski definition) is 1. The maximum Gasteiger partial charge on any atom is 0.123 e. The minimum Gasteiger partial charge on any atom is -0.491 e. The van der Waals surface area contributed by atoms with Crippen molar-refractivity contribution in [3.05, 3.63) is 59.9 Å². The van der Waals surface area contributed by atoms with Crippen LogP contribution in [-0.2, 0) is 5.41 Å². The van der Waals surface area contributed by atoms with Crippen molar-refractivity contribution in [2.24, 2.45) is 0 Å². The normalized spacial score (nSPS) is 16.8. The van der Waals surface area contributed by atoms with Crippen molar-refractivity contribution in [2.45, 2.75) is 32.3 Å². The number of β-amino-alcohol motifs (C(OH)–C–C–N with tert-alkyl or cyclic N) is 1. The molecule has 1 atom stereocenters. The zero-order valence-electron chi connectivity index (χ0n) is 17.1. The van der Waals surface area contributed by atoms with Gasteiger partial charge in [-0.25, -0.2) is 4.39 Å². The number of hydrogen-bond acceptors (Lipinski definition) is 4. The maximum absolute atomic E-state index is 13.1. The molecular weight excluding hydrogens is 355 g/mol. The first-order valence-electron chi connectivity index (χ1n) is 9.96. The molecule has 1 saturated heterocycles. The number of rotatable bonds is 6. The van der Waals surface area contributed by atoms with Crippen molar-refractivity contribution in [3.8, 4) is 5.75 Å². The molecule has 2 aromatic rings. The van der Waals surface area contributed by atoms with E-state index in [9.17, 15) is 9.50 Å².